The first-order valence-corrected chi connectivity index (χ1v) is 9.76. The maximum atomic E-state index is 5.98. The predicted molar refractivity (Wildman–Crippen MR) is 127 cm³/mol. The Balaban J connectivity index is 0.00000300. The molecule has 3 rings (SSSR count). The minimum absolute atomic E-state index is 0. The molecule has 0 radical (unpaired) electrons. The second kappa shape index (κ2) is 11.2. The molecule has 158 valence electrons. The van der Waals surface area contributed by atoms with Crippen molar-refractivity contribution in [1.29, 1.82) is 0 Å². The highest BCUT2D eigenvalue weighted by atomic mass is 127. The Morgan fingerprint density at radius 2 is 1.90 bits per heavy atom. The van der Waals surface area contributed by atoms with E-state index in [2.05, 4.69) is 26.7 Å². The van der Waals surface area contributed by atoms with Gasteiger partial charge in [0.1, 0.15) is 11.5 Å². The van der Waals surface area contributed by atoms with Crippen molar-refractivity contribution in [3.63, 3.8) is 0 Å². The Kier molecular flexibility index (Phi) is 9.00. The summed E-state index contributed by atoms with van der Waals surface area (Å²) in [6, 6.07) is 8.15. The van der Waals surface area contributed by atoms with Crippen molar-refractivity contribution in [3.8, 4) is 11.5 Å². The number of nitrogens with zero attached hydrogens (tertiary/aromatic N) is 2. The smallest absolute Gasteiger partial charge is 0.191 e. The van der Waals surface area contributed by atoms with Crippen LogP contribution in [0.3, 0.4) is 0 Å². The van der Waals surface area contributed by atoms with Crippen molar-refractivity contribution in [2.45, 2.75) is 39.8 Å². The van der Waals surface area contributed by atoms with Crippen LogP contribution in [0.1, 0.15) is 35.2 Å². The molecule has 7 heteroatoms. The topological polar surface area (TPSA) is 67.8 Å². The number of pyridine rings is 1. The summed E-state index contributed by atoms with van der Waals surface area (Å²) < 4.78 is 11.5. The highest BCUT2D eigenvalue weighted by molar-refractivity contribution is 14.0. The van der Waals surface area contributed by atoms with E-state index >= 15 is 0 Å². The van der Waals surface area contributed by atoms with Gasteiger partial charge in [0.05, 0.1) is 26.0 Å². The van der Waals surface area contributed by atoms with Crippen molar-refractivity contribution < 1.29 is 9.47 Å². The standard InChI is InChI=1S/C22H30N4O2.HI/c1-15-11-24-19(16(2)21(15)27-4)13-26-22(23-3)25-12-18-7-5-6-8-20(18)28-14-17-9-10-17;/h5-8,11,17H,9-10,12-14H2,1-4H3,(H2,23,25,26);1H. The maximum absolute atomic E-state index is 5.98. The molecule has 0 atom stereocenters. The summed E-state index contributed by atoms with van der Waals surface area (Å²) in [6.45, 7) is 6.05. The van der Waals surface area contributed by atoms with Crippen LogP contribution >= 0.6 is 24.0 Å². The lowest BCUT2D eigenvalue weighted by atomic mass is 10.1. The van der Waals surface area contributed by atoms with Gasteiger partial charge >= 0.3 is 0 Å². The SMILES string of the molecule is CN=C(NCc1ccccc1OCC1CC1)NCc1ncc(C)c(OC)c1C.I. The molecule has 0 saturated heterocycles. The van der Waals surface area contributed by atoms with Crippen LogP contribution in [0.5, 0.6) is 11.5 Å². The van der Waals surface area contributed by atoms with E-state index in [0.717, 1.165) is 52.4 Å². The minimum Gasteiger partial charge on any atom is -0.496 e. The average Bonchev–Trinajstić information content (AvgIpc) is 3.53. The van der Waals surface area contributed by atoms with Gasteiger partial charge in [-0.1, -0.05) is 18.2 Å². The van der Waals surface area contributed by atoms with Crippen LogP contribution in [0.15, 0.2) is 35.5 Å². The monoisotopic (exact) mass is 510 g/mol. The minimum atomic E-state index is 0. The van der Waals surface area contributed by atoms with Crippen LogP contribution in [0.2, 0.25) is 0 Å². The number of hydrogen-bond acceptors (Lipinski definition) is 4. The third kappa shape index (κ3) is 6.48. The van der Waals surface area contributed by atoms with Gasteiger partial charge in [-0.25, -0.2) is 0 Å². The van der Waals surface area contributed by atoms with E-state index in [9.17, 15) is 0 Å². The molecule has 0 amide bonds. The van der Waals surface area contributed by atoms with Crippen LogP contribution in [0.4, 0.5) is 0 Å². The molecule has 6 nitrogen and oxygen atoms in total. The molecule has 1 aliphatic rings. The molecular formula is C22H31IN4O2. The number of aliphatic imine (C=N–C) groups is 1. The van der Waals surface area contributed by atoms with Crippen molar-refractivity contribution in [3.05, 3.63) is 52.8 Å². The number of aromatic nitrogens is 1. The number of hydrogen-bond donors (Lipinski definition) is 2. The largest absolute Gasteiger partial charge is 0.496 e. The Morgan fingerprint density at radius 3 is 2.59 bits per heavy atom. The summed E-state index contributed by atoms with van der Waals surface area (Å²) in [7, 11) is 3.45. The summed E-state index contributed by atoms with van der Waals surface area (Å²) in [5.74, 6) is 3.28. The van der Waals surface area contributed by atoms with Crippen LogP contribution in [-0.2, 0) is 13.1 Å². The first-order valence-electron chi connectivity index (χ1n) is 9.76. The van der Waals surface area contributed by atoms with E-state index in [1.54, 1.807) is 14.2 Å². The van der Waals surface area contributed by atoms with Gasteiger partial charge in [0.2, 0.25) is 0 Å². The second-order valence-corrected chi connectivity index (χ2v) is 7.19. The molecule has 1 heterocycles. The second-order valence-electron chi connectivity index (χ2n) is 7.19. The van der Waals surface area contributed by atoms with Crippen LogP contribution in [-0.4, -0.2) is 31.7 Å². The molecule has 2 aromatic rings. The van der Waals surface area contributed by atoms with Gasteiger partial charge in [0, 0.05) is 36.5 Å². The molecular weight excluding hydrogens is 479 g/mol. The summed E-state index contributed by atoms with van der Waals surface area (Å²) in [5, 5.41) is 6.69. The van der Waals surface area contributed by atoms with E-state index < -0.39 is 0 Å². The molecule has 1 aromatic carbocycles. The van der Waals surface area contributed by atoms with E-state index in [1.165, 1.54) is 12.8 Å². The summed E-state index contributed by atoms with van der Waals surface area (Å²) in [4.78, 5) is 8.84. The number of methoxy groups -OCH3 is 1. The fourth-order valence-electron chi connectivity index (χ4n) is 3.10. The average molecular weight is 510 g/mol. The van der Waals surface area contributed by atoms with Crippen LogP contribution in [0, 0.1) is 19.8 Å². The van der Waals surface area contributed by atoms with Crippen molar-refractivity contribution in [2.24, 2.45) is 10.9 Å². The molecule has 1 saturated carbocycles. The highest BCUT2D eigenvalue weighted by Gasteiger charge is 2.22. The molecule has 0 unspecified atom stereocenters. The van der Waals surface area contributed by atoms with Gasteiger partial charge in [-0.15, -0.1) is 24.0 Å². The third-order valence-electron chi connectivity index (χ3n) is 4.99. The summed E-state index contributed by atoms with van der Waals surface area (Å²) in [6.07, 6.45) is 4.41. The lowest BCUT2D eigenvalue weighted by Crippen LogP contribution is -2.36. The Morgan fingerprint density at radius 1 is 1.17 bits per heavy atom. The molecule has 1 aromatic heterocycles. The fraction of sp³-hybridized carbons (Fsp3) is 0.455. The number of para-hydroxylation sites is 1. The van der Waals surface area contributed by atoms with E-state index in [0.29, 0.717) is 13.1 Å². The number of nitrogens with one attached hydrogen (secondary N) is 2. The van der Waals surface area contributed by atoms with Crippen molar-refractivity contribution in [2.75, 3.05) is 20.8 Å². The summed E-state index contributed by atoms with van der Waals surface area (Å²) in [5.41, 5.74) is 4.15. The normalized spacial score (nSPS) is 13.4. The van der Waals surface area contributed by atoms with Crippen LogP contribution < -0.4 is 20.1 Å². The molecule has 1 fully saturated rings. The maximum Gasteiger partial charge on any atom is 0.191 e. The van der Waals surface area contributed by atoms with Gasteiger partial charge < -0.3 is 20.1 Å². The number of halogens is 1. The van der Waals surface area contributed by atoms with E-state index in [-0.39, 0.29) is 24.0 Å². The lowest BCUT2D eigenvalue weighted by Gasteiger charge is -2.16. The third-order valence-corrected chi connectivity index (χ3v) is 4.99. The number of guanidine groups is 1. The van der Waals surface area contributed by atoms with Gasteiger partial charge in [-0.3, -0.25) is 9.98 Å². The quantitative estimate of drug-likeness (QED) is 0.320. The number of ether oxygens (including phenoxy) is 2. The van der Waals surface area contributed by atoms with Gasteiger partial charge in [-0.05, 0) is 38.7 Å². The Labute approximate surface area is 190 Å². The van der Waals surface area contributed by atoms with Gasteiger partial charge in [-0.2, -0.15) is 0 Å². The zero-order valence-electron chi connectivity index (χ0n) is 17.6. The molecule has 0 aliphatic heterocycles. The van der Waals surface area contributed by atoms with E-state index in [4.69, 9.17) is 9.47 Å². The Hall–Kier alpha value is -2.03. The lowest BCUT2D eigenvalue weighted by molar-refractivity contribution is 0.296. The zero-order valence-corrected chi connectivity index (χ0v) is 19.9. The number of aryl methyl sites for hydroxylation is 1. The predicted octanol–water partition coefficient (Wildman–Crippen LogP) is 3.98. The van der Waals surface area contributed by atoms with Crippen molar-refractivity contribution in [1.82, 2.24) is 15.6 Å². The molecule has 1 aliphatic carbocycles. The number of benzene rings is 1. The van der Waals surface area contributed by atoms with E-state index in [1.807, 2.05) is 38.2 Å². The highest BCUT2D eigenvalue weighted by Crippen LogP contribution is 2.30. The van der Waals surface area contributed by atoms with Crippen molar-refractivity contribution >= 4 is 29.9 Å². The first kappa shape index (κ1) is 23.3. The zero-order chi connectivity index (χ0) is 19.9. The number of rotatable bonds is 8. The first-order chi connectivity index (χ1) is 13.6. The van der Waals surface area contributed by atoms with Gasteiger partial charge in [0.25, 0.3) is 0 Å². The fourth-order valence-corrected chi connectivity index (χ4v) is 3.10. The molecule has 29 heavy (non-hydrogen) atoms. The Bertz CT molecular complexity index is 838. The summed E-state index contributed by atoms with van der Waals surface area (Å²) >= 11 is 0. The molecule has 2 N–H and O–H groups in total. The van der Waals surface area contributed by atoms with Gasteiger partial charge in [0.15, 0.2) is 5.96 Å². The molecule has 0 bridgehead atoms. The molecule has 0 spiro atoms. The van der Waals surface area contributed by atoms with Crippen LogP contribution in [0.25, 0.3) is 0 Å².